The number of benzene rings is 1. The highest BCUT2D eigenvalue weighted by Crippen LogP contribution is 2.42. The van der Waals surface area contributed by atoms with Crippen molar-refractivity contribution in [2.45, 2.75) is 13.0 Å². The lowest BCUT2D eigenvalue weighted by atomic mass is 10.2. The first kappa shape index (κ1) is 17.0. The second-order valence-electron chi connectivity index (χ2n) is 5.36. The Kier molecular flexibility index (Phi) is 4.35. The van der Waals surface area contributed by atoms with E-state index in [1.165, 1.54) is 28.4 Å². The van der Waals surface area contributed by atoms with Gasteiger partial charge in [0.1, 0.15) is 17.3 Å². The van der Waals surface area contributed by atoms with E-state index in [0.29, 0.717) is 39.7 Å². The van der Waals surface area contributed by atoms with E-state index in [9.17, 15) is 10.1 Å². The molecule has 132 valence electrons. The van der Waals surface area contributed by atoms with Crippen molar-refractivity contribution >= 4 is 50.3 Å². The molecular formula is C15H9Cl2N5O3S. The minimum absolute atomic E-state index is 0.0630. The van der Waals surface area contributed by atoms with Gasteiger partial charge in [0.05, 0.1) is 9.95 Å². The van der Waals surface area contributed by atoms with Crippen LogP contribution in [-0.4, -0.2) is 24.9 Å². The average Bonchev–Trinajstić information content (AvgIpc) is 3.32. The van der Waals surface area contributed by atoms with Crippen molar-refractivity contribution in [1.29, 1.82) is 0 Å². The molecule has 1 aromatic carbocycles. The molecule has 0 bridgehead atoms. The first-order valence-electron chi connectivity index (χ1n) is 7.38. The van der Waals surface area contributed by atoms with Crippen LogP contribution in [0, 0.1) is 10.1 Å². The zero-order valence-electron chi connectivity index (χ0n) is 12.9. The molecule has 4 aromatic rings. The van der Waals surface area contributed by atoms with Gasteiger partial charge in [-0.05, 0) is 12.1 Å². The Balaban J connectivity index is 1.54. The van der Waals surface area contributed by atoms with Crippen molar-refractivity contribution in [3.63, 3.8) is 0 Å². The summed E-state index contributed by atoms with van der Waals surface area (Å²) in [5, 5.41) is 24.7. The van der Waals surface area contributed by atoms with E-state index in [1.807, 2.05) is 12.1 Å². The molecule has 0 saturated carbocycles. The van der Waals surface area contributed by atoms with Gasteiger partial charge in [-0.15, -0.1) is 21.5 Å². The van der Waals surface area contributed by atoms with Crippen LogP contribution < -0.4 is 0 Å². The summed E-state index contributed by atoms with van der Waals surface area (Å²) in [5.74, 6) is 0.721. The van der Waals surface area contributed by atoms with E-state index in [0.717, 1.165) is 10.1 Å². The van der Waals surface area contributed by atoms with Crippen LogP contribution in [0.15, 0.2) is 35.0 Å². The number of nitrogens with zero attached hydrogens (tertiary/aromatic N) is 5. The quantitative estimate of drug-likeness (QED) is 0.352. The third-order valence-electron chi connectivity index (χ3n) is 3.64. The van der Waals surface area contributed by atoms with Crippen molar-refractivity contribution in [2.75, 3.05) is 0 Å². The van der Waals surface area contributed by atoms with Crippen molar-refractivity contribution in [1.82, 2.24) is 20.0 Å². The maximum Gasteiger partial charge on any atom is 0.306 e. The smallest absolute Gasteiger partial charge is 0.306 e. The van der Waals surface area contributed by atoms with E-state index < -0.39 is 4.92 Å². The Morgan fingerprint density at radius 1 is 1.31 bits per heavy atom. The Hall–Kier alpha value is -2.49. The highest BCUT2D eigenvalue weighted by atomic mass is 35.5. The second-order valence-corrected chi connectivity index (χ2v) is 7.22. The van der Waals surface area contributed by atoms with Crippen LogP contribution in [0.2, 0.25) is 10.0 Å². The fourth-order valence-corrected chi connectivity index (χ4v) is 4.11. The summed E-state index contributed by atoms with van der Waals surface area (Å²) in [6.07, 6.45) is 2.94. The van der Waals surface area contributed by atoms with E-state index in [4.69, 9.17) is 27.6 Å². The number of nitro groups is 1. The molecular weight excluding hydrogens is 401 g/mol. The van der Waals surface area contributed by atoms with Crippen molar-refractivity contribution < 1.29 is 9.34 Å². The van der Waals surface area contributed by atoms with Gasteiger partial charge in [0, 0.05) is 28.1 Å². The summed E-state index contributed by atoms with van der Waals surface area (Å²) in [5.41, 5.74) is -0.0630. The molecule has 11 heteroatoms. The molecule has 3 aromatic heterocycles. The van der Waals surface area contributed by atoms with Gasteiger partial charge in [-0.25, -0.2) is 0 Å². The highest BCUT2D eigenvalue weighted by Gasteiger charge is 2.18. The first-order chi connectivity index (χ1) is 12.5. The lowest BCUT2D eigenvalue weighted by molar-refractivity contribution is -0.385. The maximum atomic E-state index is 10.7. The average molecular weight is 410 g/mol. The second kappa shape index (κ2) is 6.67. The summed E-state index contributed by atoms with van der Waals surface area (Å²) in [4.78, 5) is 10.8. The summed E-state index contributed by atoms with van der Waals surface area (Å²) < 4.78 is 8.07. The Bertz CT molecular complexity index is 1120. The van der Waals surface area contributed by atoms with Gasteiger partial charge in [0.2, 0.25) is 5.89 Å². The van der Waals surface area contributed by atoms with Gasteiger partial charge >= 0.3 is 5.69 Å². The van der Waals surface area contributed by atoms with E-state index in [1.54, 1.807) is 6.07 Å². The molecule has 0 aliphatic carbocycles. The molecule has 0 aliphatic heterocycles. The molecule has 0 atom stereocenters. The van der Waals surface area contributed by atoms with Crippen LogP contribution in [0.1, 0.15) is 5.89 Å². The predicted octanol–water partition coefficient (Wildman–Crippen LogP) is 4.61. The molecule has 26 heavy (non-hydrogen) atoms. The van der Waals surface area contributed by atoms with Gasteiger partial charge in [-0.3, -0.25) is 14.8 Å². The van der Waals surface area contributed by atoms with Crippen LogP contribution in [0.4, 0.5) is 5.69 Å². The summed E-state index contributed by atoms with van der Waals surface area (Å²) in [6, 6.07) is 5.45. The normalized spacial score (nSPS) is 11.3. The van der Waals surface area contributed by atoms with E-state index >= 15 is 0 Å². The lowest BCUT2D eigenvalue weighted by Crippen LogP contribution is -2.01. The van der Waals surface area contributed by atoms with Gasteiger partial charge in [0.15, 0.2) is 0 Å². The molecule has 0 amide bonds. The van der Waals surface area contributed by atoms with Crippen LogP contribution in [-0.2, 0) is 13.0 Å². The molecule has 0 N–H and O–H groups in total. The Labute approximate surface area is 160 Å². The largest absolute Gasteiger partial charge is 0.420 e. The molecule has 0 saturated heterocycles. The molecule has 3 heterocycles. The molecule has 0 fully saturated rings. The highest BCUT2D eigenvalue weighted by molar-refractivity contribution is 7.23. The Morgan fingerprint density at radius 3 is 2.92 bits per heavy atom. The zero-order valence-corrected chi connectivity index (χ0v) is 15.3. The van der Waals surface area contributed by atoms with E-state index in [-0.39, 0.29) is 5.69 Å². The standard InChI is InChI=1S/C15H9Cl2N5O3S/c16-8-1-2-10-11(5-8)26-14(13(10)17)15-20-19-12(25-15)3-4-21-7-9(6-18-21)22(23)24/h1-2,5-7H,3-4H2. The third-order valence-corrected chi connectivity index (χ3v) is 5.52. The summed E-state index contributed by atoms with van der Waals surface area (Å²) in [7, 11) is 0. The lowest BCUT2D eigenvalue weighted by Gasteiger charge is -1.96. The molecule has 8 nitrogen and oxygen atoms in total. The van der Waals surface area contributed by atoms with Crippen LogP contribution >= 0.6 is 34.5 Å². The van der Waals surface area contributed by atoms with Crippen molar-refractivity contribution in [3.8, 4) is 10.8 Å². The van der Waals surface area contributed by atoms with Gasteiger partial charge < -0.3 is 4.42 Å². The molecule has 0 unspecified atom stereocenters. The monoisotopic (exact) mass is 409 g/mol. The Morgan fingerprint density at radius 2 is 2.15 bits per heavy atom. The van der Waals surface area contributed by atoms with Crippen molar-refractivity contribution in [2.24, 2.45) is 0 Å². The summed E-state index contributed by atoms with van der Waals surface area (Å²) >= 11 is 13.9. The minimum atomic E-state index is -0.496. The van der Waals surface area contributed by atoms with Gasteiger partial charge in [-0.1, -0.05) is 29.3 Å². The number of thiophene rings is 1. The van der Waals surface area contributed by atoms with Crippen LogP contribution in [0.3, 0.4) is 0 Å². The molecule has 4 rings (SSSR count). The number of fused-ring (bicyclic) bond motifs is 1. The molecule has 0 radical (unpaired) electrons. The number of aromatic nitrogens is 4. The topological polar surface area (TPSA) is 99.9 Å². The maximum absolute atomic E-state index is 10.7. The SMILES string of the molecule is O=[N+]([O-])c1cnn(CCc2nnc(-c3sc4cc(Cl)ccc4c3Cl)o2)c1. The third kappa shape index (κ3) is 3.16. The minimum Gasteiger partial charge on any atom is -0.420 e. The number of rotatable bonds is 5. The van der Waals surface area contributed by atoms with Crippen LogP contribution in [0.25, 0.3) is 20.9 Å². The number of halogens is 2. The number of aryl methyl sites for hydroxylation is 2. The van der Waals surface area contributed by atoms with Gasteiger partial charge in [0.25, 0.3) is 5.89 Å². The van der Waals surface area contributed by atoms with Gasteiger partial charge in [-0.2, -0.15) is 5.10 Å². The summed E-state index contributed by atoms with van der Waals surface area (Å²) in [6.45, 7) is 0.380. The van der Waals surface area contributed by atoms with Crippen LogP contribution in [0.5, 0.6) is 0 Å². The molecule has 0 aliphatic rings. The van der Waals surface area contributed by atoms with Crippen molar-refractivity contribution in [3.05, 3.63) is 56.6 Å². The predicted molar refractivity (Wildman–Crippen MR) is 97.7 cm³/mol. The fraction of sp³-hybridized carbons (Fsp3) is 0.133. The number of hydrogen-bond donors (Lipinski definition) is 0. The van der Waals surface area contributed by atoms with E-state index in [2.05, 4.69) is 15.3 Å². The molecule has 0 spiro atoms. The first-order valence-corrected chi connectivity index (χ1v) is 8.95. The number of hydrogen-bond acceptors (Lipinski definition) is 7. The fourth-order valence-electron chi connectivity index (χ4n) is 2.40. The zero-order chi connectivity index (χ0) is 18.3.